The summed E-state index contributed by atoms with van der Waals surface area (Å²) in [5.74, 6) is 1.55. The van der Waals surface area contributed by atoms with Crippen LogP contribution in [0.3, 0.4) is 0 Å². The maximum Gasteiger partial charge on any atom is 0.137 e. The third-order valence-electron chi connectivity index (χ3n) is 5.91. The molecule has 0 bridgehead atoms. The molecule has 0 saturated heterocycles. The number of unbranched alkanes of at least 4 members (excludes halogenated alkanes) is 8. The van der Waals surface area contributed by atoms with Gasteiger partial charge in [-0.25, -0.2) is 0 Å². The van der Waals surface area contributed by atoms with Crippen LogP contribution in [0.5, 0.6) is 5.75 Å². The van der Waals surface area contributed by atoms with Crippen molar-refractivity contribution < 1.29 is 4.74 Å². The number of halogens is 1. The second-order valence-electron chi connectivity index (χ2n) is 8.05. The zero-order chi connectivity index (χ0) is 21.1. The number of benzene rings is 1. The first kappa shape index (κ1) is 24.8. The molecular formula is C23H39ClN2OS2. The number of nitrogens with two attached hydrogens (primary N) is 1. The highest BCUT2D eigenvalue weighted by Crippen LogP contribution is 2.63. The zero-order valence-corrected chi connectivity index (χ0v) is 20.6. The molecule has 0 amide bonds. The van der Waals surface area contributed by atoms with Crippen molar-refractivity contribution in [2.45, 2.75) is 94.1 Å². The van der Waals surface area contributed by atoms with Crippen LogP contribution in [0.4, 0.5) is 5.69 Å². The van der Waals surface area contributed by atoms with E-state index in [1.807, 2.05) is 12.1 Å². The molecule has 1 aromatic carbocycles. The van der Waals surface area contributed by atoms with E-state index in [1.54, 1.807) is 7.11 Å². The van der Waals surface area contributed by atoms with E-state index in [1.165, 1.54) is 56.3 Å². The molecule has 1 aromatic rings. The lowest BCUT2D eigenvalue weighted by molar-refractivity contribution is 0.415. The van der Waals surface area contributed by atoms with Crippen molar-refractivity contribution in [2.75, 3.05) is 18.3 Å². The van der Waals surface area contributed by atoms with Crippen molar-refractivity contribution in [3.63, 3.8) is 0 Å². The van der Waals surface area contributed by atoms with Crippen LogP contribution < -0.4 is 15.2 Å². The Morgan fingerprint density at radius 1 is 1.03 bits per heavy atom. The van der Waals surface area contributed by atoms with E-state index in [2.05, 4.69) is 18.3 Å². The van der Waals surface area contributed by atoms with Gasteiger partial charge in [0.1, 0.15) is 10.1 Å². The first-order valence-electron chi connectivity index (χ1n) is 11.2. The fraction of sp³-hybridized carbons (Fsp3) is 0.696. The number of hydrogen-bond acceptors (Lipinski definition) is 3. The Morgan fingerprint density at radius 3 is 2.28 bits per heavy atom. The molecule has 1 aliphatic rings. The number of rotatable bonds is 15. The summed E-state index contributed by atoms with van der Waals surface area (Å²) >= 11 is 11.7. The lowest BCUT2D eigenvalue weighted by Gasteiger charge is -2.39. The maximum absolute atomic E-state index is 7.13. The van der Waals surface area contributed by atoms with Crippen molar-refractivity contribution >= 4 is 44.0 Å². The Balaban J connectivity index is 2.00. The molecule has 6 heteroatoms. The Morgan fingerprint density at radius 2 is 1.66 bits per heavy atom. The molecule has 1 aliphatic heterocycles. The molecule has 0 radical (unpaired) electrons. The van der Waals surface area contributed by atoms with Crippen molar-refractivity contribution in [1.82, 2.24) is 0 Å². The highest BCUT2D eigenvalue weighted by Gasteiger charge is 2.41. The summed E-state index contributed by atoms with van der Waals surface area (Å²) in [6, 6.07) is 6.16. The average molecular weight is 459 g/mol. The van der Waals surface area contributed by atoms with Crippen LogP contribution in [0.25, 0.3) is 0 Å². The molecule has 3 N–H and O–H groups in total. The minimum Gasteiger partial charge on any atom is -0.497 e. The monoisotopic (exact) mass is 458 g/mol. The Bertz CT molecular complexity index is 643. The lowest BCUT2D eigenvalue weighted by Crippen LogP contribution is -2.30. The second-order valence-corrected chi connectivity index (χ2v) is 12.0. The first-order chi connectivity index (χ1) is 14.1. The van der Waals surface area contributed by atoms with Gasteiger partial charge < -0.3 is 10.1 Å². The van der Waals surface area contributed by atoms with Crippen LogP contribution in [0.1, 0.15) is 84.0 Å². The highest BCUT2D eigenvalue weighted by atomic mass is 35.5. The summed E-state index contributed by atoms with van der Waals surface area (Å²) in [5, 5.41) is 11.0. The standard InChI is InChI=1S/C23H39ClN2OS2/c1-3-4-5-6-7-8-9-10-13-20(14-11-12-17-24)29(25)22-16-15-19(27-2)18-21(22)26-23(29)28/h15-16,18,20H,3-14,17,25H2,1-2H3,(H,26,28). The number of methoxy groups -OCH3 is 1. The molecule has 0 spiro atoms. The van der Waals surface area contributed by atoms with E-state index < -0.39 is 10.2 Å². The summed E-state index contributed by atoms with van der Waals surface area (Å²) < 4.78 is 6.21. The van der Waals surface area contributed by atoms with Crippen molar-refractivity contribution in [2.24, 2.45) is 5.14 Å². The van der Waals surface area contributed by atoms with Gasteiger partial charge in [-0.2, -0.15) is 0 Å². The smallest absolute Gasteiger partial charge is 0.137 e. The van der Waals surface area contributed by atoms with Crippen LogP contribution >= 0.6 is 34.0 Å². The van der Waals surface area contributed by atoms with Crippen molar-refractivity contribution in [3.8, 4) is 5.75 Å². The highest BCUT2D eigenvalue weighted by molar-refractivity contribution is 8.49. The summed E-state index contributed by atoms with van der Waals surface area (Å²) in [4.78, 5) is 1.19. The number of fused-ring (bicyclic) bond motifs is 1. The molecule has 0 fully saturated rings. The fourth-order valence-electron chi connectivity index (χ4n) is 4.14. The van der Waals surface area contributed by atoms with E-state index in [0.717, 1.165) is 41.4 Å². The maximum atomic E-state index is 7.13. The number of thiocarbonyl (C=S) groups is 1. The topological polar surface area (TPSA) is 47.3 Å². The van der Waals surface area contributed by atoms with Gasteiger partial charge in [-0.1, -0.05) is 76.9 Å². The number of nitrogens with one attached hydrogen (secondary N) is 1. The predicted octanol–water partition coefficient (Wildman–Crippen LogP) is 7.75. The normalized spacial score (nSPS) is 21.3. The average Bonchev–Trinajstić information content (AvgIpc) is 2.98. The molecule has 2 rings (SSSR count). The summed E-state index contributed by atoms with van der Waals surface area (Å²) in [7, 11) is 0.0182. The predicted molar refractivity (Wildman–Crippen MR) is 135 cm³/mol. The van der Waals surface area contributed by atoms with E-state index in [4.69, 9.17) is 33.7 Å². The van der Waals surface area contributed by atoms with Gasteiger partial charge in [-0.15, -0.1) is 21.8 Å². The minimum absolute atomic E-state index is 0.417. The number of alkyl halides is 1. The van der Waals surface area contributed by atoms with Gasteiger partial charge in [0, 0.05) is 22.1 Å². The number of anilines is 1. The van der Waals surface area contributed by atoms with Crippen LogP contribution in [-0.4, -0.2) is 22.6 Å². The van der Waals surface area contributed by atoms with Crippen LogP contribution in [0.15, 0.2) is 23.1 Å². The molecule has 2 atom stereocenters. The van der Waals surface area contributed by atoms with Gasteiger partial charge in [-0.3, -0.25) is 5.14 Å². The molecule has 2 unspecified atom stereocenters. The van der Waals surface area contributed by atoms with Crippen LogP contribution in [0, 0.1) is 0 Å². The summed E-state index contributed by atoms with van der Waals surface area (Å²) in [6.07, 6.45) is 15.1. The van der Waals surface area contributed by atoms with E-state index in [9.17, 15) is 0 Å². The van der Waals surface area contributed by atoms with Crippen molar-refractivity contribution in [3.05, 3.63) is 18.2 Å². The molecule has 29 heavy (non-hydrogen) atoms. The van der Waals surface area contributed by atoms with E-state index in [-0.39, 0.29) is 0 Å². The largest absolute Gasteiger partial charge is 0.497 e. The summed E-state index contributed by atoms with van der Waals surface area (Å²) in [6.45, 7) is 2.27. The van der Waals surface area contributed by atoms with Gasteiger partial charge in [0.25, 0.3) is 0 Å². The molecule has 166 valence electrons. The SMILES string of the molecule is CCCCCCCCCCC(CCCCCl)S1(N)C(=S)Nc2cc(OC)ccc21. The van der Waals surface area contributed by atoms with Gasteiger partial charge in [0.2, 0.25) is 0 Å². The second kappa shape index (κ2) is 13.0. The number of ether oxygens (including phenoxy) is 1. The molecule has 0 saturated carbocycles. The molecule has 1 heterocycles. The van der Waals surface area contributed by atoms with Gasteiger partial charge in [0.15, 0.2) is 0 Å². The Kier molecular flexibility index (Phi) is 11.1. The van der Waals surface area contributed by atoms with Gasteiger partial charge >= 0.3 is 0 Å². The van der Waals surface area contributed by atoms with E-state index in [0.29, 0.717) is 11.1 Å². The van der Waals surface area contributed by atoms with Gasteiger partial charge in [-0.05, 0) is 31.4 Å². The molecule has 0 aromatic heterocycles. The Labute approximate surface area is 189 Å². The quantitative estimate of drug-likeness (QED) is 0.122. The van der Waals surface area contributed by atoms with Crippen molar-refractivity contribution in [1.29, 1.82) is 0 Å². The molecule has 0 aliphatic carbocycles. The molecular weight excluding hydrogens is 420 g/mol. The minimum atomic E-state index is -1.67. The third-order valence-corrected chi connectivity index (χ3v) is 10.4. The first-order valence-corrected chi connectivity index (χ1v) is 13.9. The van der Waals surface area contributed by atoms with Crippen LogP contribution in [-0.2, 0) is 0 Å². The third kappa shape index (κ3) is 6.75. The molecule has 3 nitrogen and oxygen atoms in total. The number of hydrogen-bond donors (Lipinski definition) is 2. The fourth-order valence-corrected chi connectivity index (χ4v) is 8.10. The van der Waals surface area contributed by atoms with E-state index >= 15 is 0 Å². The lowest BCUT2D eigenvalue weighted by atomic mass is 10.0. The Hall–Kier alpha value is -0.490. The van der Waals surface area contributed by atoms with Crippen LogP contribution in [0.2, 0.25) is 0 Å². The van der Waals surface area contributed by atoms with Gasteiger partial charge in [0.05, 0.1) is 12.8 Å². The zero-order valence-electron chi connectivity index (χ0n) is 18.2. The summed E-state index contributed by atoms with van der Waals surface area (Å²) in [5.41, 5.74) is 1.03.